The standard InChI is InChI=1S/C18H18N2O/c1-14-13-15(2)20(17-11-7-4-8-12-17)18(21)19(14)16-9-5-3-6-10-16/h3-14H,1-2H3. The lowest BCUT2D eigenvalue weighted by Crippen LogP contribution is -2.50. The molecular weight excluding hydrogens is 260 g/mol. The Kier molecular flexibility index (Phi) is 3.48. The van der Waals surface area contributed by atoms with Crippen molar-refractivity contribution in [2.24, 2.45) is 0 Å². The first-order chi connectivity index (χ1) is 10.2. The van der Waals surface area contributed by atoms with Gasteiger partial charge in [0.25, 0.3) is 0 Å². The van der Waals surface area contributed by atoms with E-state index in [1.807, 2.05) is 79.4 Å². The summed E-state index contributed by atoms with van der Waals surface area (Å²) < 4.78 is 0. The van der Waals surface area contributed by atoms with Gasteiger partial charge in [0.05, 0.1) is 11.7 Å². The number of anilines is 2. The van der Waals surface area contributed by atoms with Crippen LogP contribution in [-0.2, 0) is 0 Å². The van der Waals surface area contributed by atoms with Crippen molar-refractivity contribution in [3.8, 4) is 0 Å². The fourth-order valence-electron chi connectivity index (χ4n) is 2.76. The molecule has 2 amide bonds. The van der Waals surface area contributed by atoms with Crippen molar-refractivity contribution in [2.45, 2.75) is 19.9 Å². The molecule has 0 saturated carbocycles. The van der Waals surface area contributed by atoms with Crippen LogP contribution >= 0.6 is 0 Å². The highest BCUT2D eigenvalue weighted by Crippen LogP contribution is 2.29. The minimum Gasteiger partial charge on any atom is -0.287 e. The first-order valence-corrected chi connectivity index (χ1v) is 7.10. The minimum atomic E-state index is -0.0140. The lowest BCUT2D eigenvalue weighted by Gasteiger charge is -2.38. The van der Waals surface area contributed by atoms with E-state index in [1.54, 1.807) is 4.90 Å². The van der Waals surface area contributed by atoms with Crippen molar-refractivity contribution in [3.63, 3.8) is 0 Å². The van der Waals surface area contributed by atoms with E-state index in [-0.39, 0.29) is 12.1 Å². The number of allylic oxidation sites excluding steroid dienone is 1. The molecule has 1 aliphatic rings. The monoisotopic (exact) mass is 278 g/mol. The second kappa shape index (κ2) is 5.44. The van der Waals surface area contributed by atoms with Crippen molar-refractivity contribution in [1.82, 2.24) is 0 Å². The molecule has 0 saturated heterocycles. The largest absolute Gasteiger partial charge is 0.333 e. The van der Waals surface area contributed by atoms with Gasteiger partial charge < -0.3 is 0 Å². The molecule has 106 valence electrons. The Balaban J connectivity index is 2.04. The second-order valence-electron chi connectivity index (χ2n) is 5.21. The van der Waals surface area contributed by atoms with Gasteiger partial charge >= 0.3 is 6.03 Å². The SMILES string of the molecule is CC1=CC(C)N(c2ccccc2)C(=O)N1c1ccccc1. The summed E-state index contributed by atoms with van der Waals surface area (Å²) in [6, 6.07) is 19.6. The van der Waals surface area contributed by atoms with Crippen LogP contribution in [0.25, 0.3) is 0 Å². The van der Waals surface area contributed by atoms with Gasteiger partial charge in [-0.3, -0.25) is 9.80 Å². The summed E-state index contributed by atoms with van der Waals surface area (Å²) in [7, 11) is 0. The second-order valence-corrected chi connectivity index (χ2v) is 5.21. The van der Waals surface area contributed by atoms with Gasteiger partial charge in [0.2, 0.25) is 0 Å². The molecule has 0 bridgehead atoms. The number of benzene rings is 2. The van der Waals surface area contributed by atoms with Crippen molar-refractivity contribution < 1.29 is 4.79 Å². The van der Waals surface area contributed by atoms with Gasteiger partial charge in [0, 0.05) is 11.4 Å². The molecule has 0 N–H and O–H groups in total. The van der Waals surface area contributed by atoms with Gasteiger partial charge in [-0.15, -0.1) is 0 Å². The van der Waals surface area contributed by atoms with E-state index in [2.05, 4.69) is 6.08 Å². The van der Waals surface area contributed by atoms with E-state index < -0.39 is 0 Å². The predicted molar refractivity (Wildman–Crippen MR) is 86.5 cm³/mol. The molecule has 1 aliphatic heterocycles. The average molecular weight is 278 g/mol. The van der Waals surface area contributed by atoms with Crippen LogP contribution in [0.3, 0.4) is 0 Å². The Morgan fingerprint density at radius 3 is 1.95 bits per heavy atom. The minimum absolute atomic E-state index is 0.0140. The number of hydrogen-bond donors (Lipinski definition) is 0. The van der Waals surface area contributed by atoms with Crippen LogP contribution in [0.4, 0.5) is 16.2 Å². The summed E-state index contributed by atoms with van der Waals surface area (Å²) in [4.78, 5) is 16.5. The normalized spacial score (nSPS) is 18.7. The number of hydrogen-bond acceptors (Lipinski definition) is 1. The molecule has 1 atom stereocenters. The number of rotatable bonds is 2. The highest BCUT2D eigenvalue weighted by Gasteiger charge is 2.32. The van der Waals surface area contributed by atoms with Crippen LogP contribution in [-0.4, -0.2) is 12.1 Å². The highest BCUT2D eigenvalue weighted by molar-refractivity contribution is 6.07. The van der Waals surface area contributed by atoms with Crippen LogP contribution in [0, 0.1) is 0 Å². The van der Waals surface area contributed by atoms with Crippen LogP contribution < -0.4 is 9.80 Å². The molecule has 0 fully saturated rings. The van der Waals surface area contributed by atoms with E-state index in [4.69, 9.17) is 0 Å². The fourth-order valence-corrected chi connectivity index (χ4v) is 2.76. The zero-order chi connectivity index (χ0) is 14.8. The summed E-state index contributed by atoms with van der Waals surface area (Å²) >= 11 is 0. The zero-order valence-electron chi connectivity index (χ0n) is 12.2. The van der Waals surface area contributed by atoms with Gasteiger partial charge in [-0.05, 0) is 44.2 Å². The summed E-state index contributed by atoms with van der Waals surface area (Å²) in [5, 5.41) is 0. The summed E-state index contributed by atoms with van der Waals surface area (Å²) in [5.74, 6) is 0. The maximum Gasteiger partial charge on any atom is 0.333 e. The van der Waals surface area contributed by atoms with Crippen LogP contribution in [0.2, 0.25) is 0 Å². The van der Waals surface area contributed by atoms with Crippen LogP contribution in [0.1, 0.15) is 13.8 Å². The first kappa shape index (κ1) is 13.4. The number of carbonyl (C=O) groups is 1. The summed E-state index contributed by atoms with van der Waals surface area (Å²) in [5.41, 5.74) is 2.77. The number of urea groups is 1. The third kappa shape index (κ3) is 2.42. The quantitative estimate of drug-likeness (QED) is 0.797. The topological polar surface area (TPSA) is 23.6 Å². The van der Waals surface area contributed by atoms with Gasteiger partial charge in [-0.2, -0.15) is 0 Å². The van der Waals surface area contributed by atoms with E-state index in [9.17, 15) is 4.79 Å². The zero-order valence-corrected chi connectivity index (χ0v) is 12.2. The number of amides is 2. The van der Waals surface area contributed by atoms with Gasteiger partial charge in [-0.1, -0.05) is 36.4 Å². The molecule has 21 heavy (non-hydrogen) atoms. The number of para-hydroxylation sites is 2. The number of carbonyl (C=O) groups excluding carboxylic acids is 1. The van der Waals surface area contributed by atoms with Crippen molar-refractivity contribution in [2.75, 3.05) is 9.80 Å². The molecule has 0 radical (unpaired) electrons. The third-order valence-corrected chi connectivity index (χ3v) is 3.69. The van der Waals surface area contributed by atoms with E-state index >= 15 is 0 Å². The molecule has 0 aromatic heterocycles. The van der Waals surface area contributed by atoms with Crippen LogP contribution in [0.15, 0.2) is 72.4 Å². The Morgan fingerprint density at radius 2 is 1.38 bits per heavy atom. The van der Waals surface area contributed by atoms with E-state index in [0.717, 1.165) is 17.1 Å². The van der Waals surface area contributed by atoms with Gasteiger partial charge in [-0.25, -0.2) is 4.79 Å². The summed E-state index contributed by atoms with van der Waals surface area (Å²) in [6.07, 6.45) is 2.11. The Morgan fingerprint density at radius 1 is 0.857 bits per heavy atom. The molecule has 1 unspecified atom stereocenters. The molecule has 2 aromatic carbocycles. The molecule has 0 aliphatic carbocycles. The molecule has 3 rings (SSSR count). The van der Waals surface area contributed by atoms with Crippen molar-refractivity contribution in [3.05, 3.63) is 72.4 Å². The molecule has 3 nitrogen and oxygen atoms in total. The maximum atomic E-state index is 13.0. The fraction of sp³-hybridized carbons (Fsp3) is 0.167. The van der Waals surface area contributed by atoms with Gasteiger partial charge in [0.15, 0.2) is 0 Å². The van der Waals surface area contributed by atoms with Crippen molar-refractivity contribution >= 4 is 17.4 Å². The Bertz CT molecular complexity index is 664. The molecular formula is C18H18N2O. The Labute approximate surface area is 125 Å². The smallest absolute Gasteiger partial charge is 0.287 e. The van der Waals surface area contributed by atoms with Gasteiger partial charge in [0.1, 0.15) is 0 Å². The molecule has 1 heterocycles. The molecule has 2 aromatic rings. The van der Waals surface area contributed by atoms with Crippen LogP contribution in [0.5, 0.6) is 0 Å². The molecule has 0 spiro atoms. The third-order valence-electron chi connectivity index (χ3n) is 3.69. The maximum absolute atomic E-state index is 13.0. The predicted octanol–water partition coefficient (Wildman–Crippen LogP) is 4.43. The highest BCUT2D eigenvalue weighted by atomic mass is 16.2. The molecule has 3 heteroatoms. The first-order valence-electron chi connectivity index (χ1n) is 7.10. The number of nitrogens with zero attached hydrogens (tertiary/aromatic N) is 2. The lowest BCUT2D eigenvalue weighted by atomic mass is 10.1. The summed E-state index contributed by atoms with van der Waals surface area (Å²) in [6.45, 7) is 4.01. The van der Waals surface area contributed by atoms with E-state index in [1.165, 1.54) is 0 Å². The Hall–Kier alpha value is -2.55. The van der Waals surface area contributed by atoms with Crippen molar-refractivity contribution in [1.29, 1.82) is 0 Å². The average Bonchev–Trinajstić information content (AvgIpc) is 2.49. The lowest BCUT2D eigenvalue weighted by molar-refractivity contribution is 0.251. The van der Waals surface area contributed by atoms with E-state index in [0.29, 0.717) is 0 Å².